The molecule has 1 aromatic carbocycles. The fraction of sp³-hybridized carbons (Fsp3) is 0.731. The largest absolute Gasteiger partial charge is 0.504 e. The average Bonchev–Trinajstić information content (AvgIpc) is 3.44. The summed E-state index contributed by atoms with van der Waals surface area (Å²) in [5, 5.41) is 10.2. The van der Waals surface area contributed by atoms with Crippen LogP contribution in [0.2, 0.25) is 0 Å². The molecule has 0 aromatic heterocycles. The molecule has 6 heteroatoms. The van der Waals surface area contributed by atoms with Gasteiger partial charge < -0.3 is 19.3 Å². The Hall–Kier alpha value is -1.79. The summed E-state index contributed by atoms with van der Waals surface area (Å²) < 4.78 is 18.0. The SMILES string of the molecule is COc1cc2c(cc1O)CCN(CC1C(=O)OC3CC4(C)CCCC(C)C45OC5C31)C2C. The fourth-order valence-electron chi connectivity index (χ4n) is 8.00. The van der Waals surface area contributed by atoms with E-state index in [2.05, 4.69) is 25.7 Å². The van der Waals surface area contributed by atoms with E-state index >= 15 is 0 Å². The summed E-state index contributed by atoms with van der Waals surface area (Å²) in [6.45, 7) is 8.46. The lowest BCUT2D eigenvalue weighted by Crippen LogP contribution is -2.54. The Morgan fingerprint density at radius 3 is 2.91 bits per heavy atom. The molecule has 2 saturated carbocycles. The molecule has 3 aliphatic heterocycles. The minimum absolute atomic E-state index is 0.00662. The minimum Gasteiger partial charge on any atom is -0.504 e. The monoisotopic (exact) mass is 441 g/mol. The number of hydrogen-bond donors (Lipinski definition) is 1. The van der Waals surface area contributed by atoms with Crippen molar-refractivity contribution in [3.8, 4) is 11.5 Å². The second-order valence-electron chi connectivity index (χ2n) is 11.2. The van der Waals surface area contributed by atoms with Gasteiger partial charge in [-0.3, -0.25) is 9.69 Å². The van der Waals surface area contributed by atoms with Crippen LogP contribution in [0, 0.1) is 23.2 Å². The van der Waals surface area contributed by atoms with Crippen molar-refractivity contribution in [1.29, 1.82) is 0 Å². The van der Waals surface area contributed by atoms with Gasteiger partial charge in [-0.2, -0.15) is 0 Å². The first-order valence-corrected chi connectivity index (χ1v) is 12.3. The number of esters is 1. The van der Waals surface area contributed by atoms with Crippen molar-refractivity contribution in [3.05, 3.63) is 23.3 Å². The molecule has 6 rings (SSSR count). The molecule has 2 saturated heterocycles. The third-order valence-electron chi connectivity index (χ3n) is 9.73. The molecule has 0 radical (unpaired) electrons. The Balaban J connectivity index is 1.26. The molecule has 1 aromatic rings. The van der Waals surface area contributed by atoms with E-state index in [1.54, 1.807) is 7.11 Å². The first-order valence-electron chi connectivity index (χ1n) is 12.3. The smallest absolute Gasteiger partial charge is 0.311 e. The molecule has 4 fully saturated rings. The third kappa shape index (κ3) is 2.62. The molecule has 8 unspecified atom stereocenters. The van der Waals surface area contributed by atoms with Crippen LogP contribution in [0.1, 0.15) is 63.6 Å². The van der Waals surface area contributed by atoms with Crippen LogP contribution in [0.15, 0.2) is 12.1 Å². The van der Waals surface area contributed by atoms with Crippen LogP contribution in [0.25, 0.3) is 0 Å². The summed E-state index contributed by atoms with van der Waals surface area (Å²) in [6.07, 6.45) is 5.58. The number of epoxide rings is 1. The van der Waals surface area contributed by atoms with Gasteiger partial charge in [0.25, 0.3) is 0 Å². The molecule has 8 atom stereocenters. The second kappa shape index (κ2) is 6.86. The highest BCUT2D eigenvalue weighted by Crippen LogP contribution is 2.70. The maximum Gasteiger partial charge on any atom is 0.311 e. The van der Waals surface area contributed by atoms with Crippen LogP contribution >= 0.6 is 0 Å². The highest BCUT2D eigenvalue weighted by molar-refractivity contribution is 5.76. The predicted octanol–water partition coefficient (Wildman–Crippen LogP) is 3.85. The van der Waals surface area contributed by atoms with Gasteiger partial charge >= 0.3 is 5.97 Å². The number of carbonyl (C=O) groups is 1. The lowest BCUT2D eigenvalue weighted by molar-refractivity contribution is -0.146. The first kappa shape index (κ1) is 20.8. The van der Waals surface area contributed by atoms with Crippen LogP contribution in [-0.4, -0.2) is 54.0 Å². The molecule has 0 bridgehead atoms. The van der Waals surface area contributed by atoms with Gasteiger partial charge in [-0.05, 0) is 61.8 Å². The summed E-state index contributed by atoms with van der Waals surface area (Å²) in [7, 11) is 1.58. The maximum atomic E-state index is 13.1. The minimum atomic E-state index is -0.133. The van der Waals surface area contributed by atoms with Gasteiger partial charge in [0.1, 0.15) is 11.7 Å². The Labute approximate surface area is 190 Å². The van der Waals surface area contributed by atoms with Gasteiger partial charge in [0.05, 0.1) is 19.1 Å². The number of aromatic hydroxyl groups is 1. The zero-order valence-corrected chi connectivity index (χ0v) is 19.6. The lowest BCUT2D eigenvalue weighted by Gasteiger charge is -2.49. The topological polar surface area (TPSA) is 71.5 Å². The van der Waals surface area contributed by atoms with E-state index in [1.165, 1.54) is 24.8 Å². The van der Waals surface area contributed by atoms with Crippen LogP contribution in [-0.2, 0) is 20.7 Å². The first-order chi connectivity index (χ1) is 15.3. The molecule has 2 aliphatic carbocycles. The number of phenols is 1. The maximum absolute atomic E-state index is 13.1. The molecule has 5 aliphatic rings. The van der Waals surface area contributed by atoms with E-state index in [1.807, 2.05) is 12.1 Å². The van der Waals surface area contributed by atoms with Crippen molar-refractivity contribution in [2.45, 2.75) is 76.7 Å². The van der Waals surface area contributed by atoms with Crippen LogP contribution < -0.4 is 4.74 Å². The van der Waals surface area contributed by atoms with Crippen molar-refractivity contribution in [2.24, 2.45) is 23.2 Å². The second-order valence-corrected chi connectivity index (χ2v) is 11.2. The molecule has 3 heterocycles. The predicted molar refractivity (Wildman–Crippen MR) is 119 cm³/mol. The van der Waals surface area contributed by atoms with Gasteiger partial charge in [-0.15, -0.1) is 0 Å². The molecule has 174 valence electrons. The van der Waals surface area contributed by atoms with E-state index in [0.29, 0.717) is 18.2 Å². The Kier molecular flexibility index (Phi) is 4.46. The Morgan fingerprint density at radius 2 is 2.12 bits per heavy atom. The molecular formula is C26H35NO5. The van der Waals surface area contributed by atoms with Crippen LogP contribution in [0.4, 0.5) is 0 Å². The normalized spacial score (nSPS) is 44.7. The van der Waals surface area contributed by atoms with Crippen molar-refractivity contribution in [1.82, 2.24) is 4.90 Å². The van der Waals surface area contributed by atoms with E-state index in [-0.39, 0.29) is 52.8 Å². The van der Waals surface area contributed by atoms with E-state index in [0.717, 1.165) is 24.9 Å². The number of fused-ring (bicyclic) bond motifs is 3. The number of rotatable bonds is 3. The summed E-state index contributed by atoms with van der Waals surface area (Å²) >= 11 is 0. The number of nitrogens with zero attached hydrogens (tertiary/aromatic N) is 1. The summed E-state index contributed by atoms with van der Waals surface area (Å²) in [5.74, 6) is 1.23. The molecule has 1 spiro atoms. The highest BCUT2D eigenvalue weighted by Gasteiger charge is 2.78. The molecule has 6 nitrogen and oxygen atoms in total. The van der Waals surface area contributed by atoms with E-state index in [9.17, 15) is 9.90 Å². The number of ether oxygens (including phenoxy) is 3. The Morgan fingerprint density at radius 1 is 1.31 bits per heavy atom. The van der Waals surface area contributed by atoms with Crippen molar-refractivity contribution < 1.29 is 24.1 Å². The number of phenolic OH excluding ortho intramolecular Hbond substituents is 1. The summed E-state index contributed by atoms with van der Waals surface area (Å²) in [6, 6.07) is 3.93. The number of benzene rings is 1. The van der Waals surface area contributed by atoms with Crippen molar-refractivity contribution in [3.63, 3.8) is 0 Å². The molecule has 32 heavy (non-hydrogen) atoms. The zero-order valence-electron chi connectivity index (χ0n) is 19.6. The molecular weight excluding hydrogens is 406 g/mol. The van der Waals surface area contributed by atoms with Crippen molar-refractivity contribution >= 4 is 5.97 Å². The number of hydrogen-bond acceptors (Lipinski definition) is 6. The quantitative estimate of drug-likeness (QED) is 0.568. The van der Waals surface area contributed by atoms with E-state index in [4.69, 9.17) is 14.2 Å². The summed E-state index contributed by atoms with van der Waals surface area (Å²) in [4.78, 5) is 15.5. The molecule has 0 amide bonds. The van der Waals surface area contributed by atoms with Gasteiger partial charge in [0.2, 0.25) is 0 Å². The number of methoxy groups -OCH3 is 1. The van der Waals surface area contributed by atoms with Gasteiger partial charge in [-0.25, -0.2) is 0 Å². The van der Waals surface area contributed by atoms with Gasteiger partial charge in [-0.1, -0.05) is 20.3 Å². The summed E-state index contributed by atoms with van der Waals surface area (Å²) in [5.41, 5.74) is 2.41. The van der Waals surface area contributed by atoms with Gasteiger partial charge in [0.15, 0.2) is 11.5 Å². The fourth-order valence-corrected chi connectivity index (χ4v) is 8.00. The van der Waals surface area contributed by atoms with Crippen LogP contribution in [0.5, 0.6) is 11.5 Å². The molecule has 1 N–H and O–H groups in total. The van der Waals surface area contributed by atoms with Crippen LogP contribution in [0.3, 0.4) is 0 Å². The standard InChI is InChI=1S/C26H35NO5/c1-14-6-5-8-25(3)12-21-22(23-26(14,25)32-23)18(24(29)31-21)13-27-9-7-16-10-19(28)20(30-4)11-17(16)15(27)2/h10-11,14-15,18,21-23,28H,5-9,12-13H2,1-4H3. The highest BCUT2D eigenvalue weighted by atomic mass is 16.6. The zero-order chi connectivity index (χ0) is 22.4. The lowest BCUT2D eigenvalue weighted by atomic mass is 9.53. The van der Waals surface area contributed by atoms with Gasteiger partial charge in [0, 0.05) is 30.5 Å². The third-order valence-corrected chi connectivity index (χ3v) is 9.73. The van der Waals surface area contributed by atoms with Crippen molar-refractivity contribution in [2.75, 3.05) is 20.2 Å². The number of carbonyl (C=O) groups excluding carboxylic acids is 1. The average molecular weight is 442 g/mol. The van der Waals surface area contributed by atoms with E-state index < -0.39 is 0 Å². The Bertz CT molecular complexity index is 964.